The molecule has 1 rings (SSSR count). The maximum absolute atomic E-state index is 11.2. The third-order valence-corrected chi connectivity index (χ3v) is 2.34. The van der Waals surface area contributed by atoms with Crippen molar-refractivity contribution in [2.24, 2.45) is 0 Å². The quantitative estimate of drug-likeness (QED) is 0.764. The van der Waals surface area contributed by atoms with E-state index in [4.69, 9.17) is 11.5 Å². The van der Waals surface area contributed by atoms with Crippen molar-refractivity contribution in [3.63, 3.8) is 0 Å². The number of terminal acetylenes is 1. The fourth-order valence-corrected chi connectivity index (χ4v) is 1.33. The van der Waals surface area contributed by atoms with Crippen LogP contribution in [0.1, 0.15) is 21.6 Å². The second-order valence-corrected chi connectivity index (χ2v) is 3.47. The second-order valence-electron chi connectivity index (χ2n) is 3.47. The van der Waals surface area contributed by atoms with Gasteiger partial charge < -0.3 is 10.0 Å². The summed E-state index contributed by atoms with van der Waals surface area (Å²) in [5.41, 5.74) is 1.38. The van der Waals surface area contributed by atoms with Crippen LogP contribution in [0.3, 0.4) is 0 Å². The van der Waals surface area contributed by atoms with Crippen molar-refractivity contribution in [3.8, 4) is 12.3 Å². The van der Waals surface area contributed by atoms with Crippen LogP contribution in [0.4, 0.5) is 5.82 Å². The van der Waals surface area contributed by atoms with Crippen LogP contribution in [0.5, 0.6) is 0 Å². The van der Waals surface area contributed by atoms with Crippen molar-refractivity contribution in [2.75, 3.05) is 18.5 Å². The minimum Gasteiger partial charge on any atom is -0.478 e. The maximum atomic E-state index is 11.2. The van der Waals surface area contributed by atoms with E-state index in [-0.39, 0.29) is 12.1 Å². The van der Waals surface area contributed by atoms with Crippen molar-refractivity contribution in [3.05, 3.63) is 16.8 Å². The van der Waals surface area contributed by atoms with Crippen molar-refractivity contribution in [1.82, 2.24) is 10.2 Å². The number of aryl methyl sites for hydroxylation is 1. The van der Waals surface area contributed by atoms with Gasteiger partial charge in [-0.3, -0.25) is 0 Å². The molecular weight excluding hydrogens is 206 g/mol. The number of anilines is 1. The molecule has 0 atom stereocenters. The molecule has 84 valence electrons. The molecule has 0 bridgehead atoms. The monoisotopic (exact) mass is 219 g/mol. The SMILES string of the molecule is C#CCN(C)c1nnc(C)c(C)c1C(=O)O. The fourth-order valence-electron chi connectivity index (χ4n) is 1.33. The van der Waals surface area contributed by atoms with E-state index in [1.54, 1.807) is 25.8 Å². The first kappa shape index (κ1) is 12.0. The van der Waals surface area contributed by atoms with Crippen LogP contribution in [0.2, 0.25) is 0 Å². The fraction of sp³-hybridized carbons (Fsp3) is 0.364. The third-order valence-electron chi connectivity index (χ3n) is 2.34. The lowest BCUT2D eigenvalue weighted by molar-refractivity contribution is 0.0696. The molecule has 0 fully saturated rings. The number of rotatable bonds is 3. The number of aromatic nitrogens is 2. The number of aromatic carboxylic acids is 1. The van der Waals surface area contributed by atoms with Crippen LogP contribution in [0, 0.1) is 26.2 Å². The van der Waals surface area contributed by atoms with E-state index in [1.165, 1.54) is 0 Å². The molecule has 0 aliphatic carbocycles. The zero-order chi connectivity index (χ0) is 12.3. The molecule has 0 aliphatic heterocycles. The number of hydrogen-bond acceptors (Lipinski definition) is 4. The van der Waals surface area contributed by atoms with E-state index in [9.17, 15) is 4.79 Å². The summed E-state index contributed by atoms with van der Waals surface area (Å²) < 4.78 is 0. The van der Waals surface area contributed by atoms with Crippen LogP contribution in [0.15, 0.2) is 0 Å². The molecule has 0 amide bonds. The van der Waals surface area contributed by atoms with Gasteiger partial charge in [-0.15, -0.1) is 11.5 Å². The van der Waals surface area contributed by atoms with Crippen molar-refractivity contribution < 1.29 is 9.90 Å². The molecule has 0 aromatic carbocycles. The number of nitrogens with zero attached hydrogens (tertiary/aromatic N) is 3. The minimum atomic E-state index is -1.02. The van der Waals surface area contributed by atoms with Crippen LogP contribution < -0.4 is 4.90 Å². The standard InChI is InChI=1S/C11H13N3O2/c1-5-6-14(4)10-9(11(15)16)7(2)8(3)12-13-10/h1H,6H2,2-4H3,(H,15,16). The highest BCUT2D eigenvalue weighted by molar-refractivity contribution is 5.95. The molecule has 0 saturated carbocycles. The number of hydrogen-bond donors (Lipinski definition) is 1. The Morgan fingerprint density at radius 2 is 2.12 bits per heavy atom. The first-order valence-corrected chi connectivity index (χ1v) is 4.70. The zero-order valence-electron chi connectivity index (χ0n) is 9.48. The van der Waals surface area contributed by atoms with Gasteiger partial charge in [-0.1, -0.05) is 5.92 Å². The van der Waals surface area contributed by atoms with Crippen molar-refractivity contribution in [1.29, 1.82) is 0 Å². The maximum Gasteiger partial charge on any atom is 0.339 e. The largest absolute Gasteiger partial charge is 0.478 e. The lowest BCUT2D eigenvalue weighted by atomic mass is 10.1. The topological polar surface area (TPSA) is 66.3 Å². The summed E-state index contributed by atoms with van der Waals surface area (Å²) >= 11 is 0. The Morgan fingerprint density at radius 3 is 2.62 bits per heavy atom. The number of carboxylic acids is 1. The highest BCUT2D eigenvalue weighted by atomic mass is 16.4. The summed E-state index contributed by atoms with van der Waals surface area (Å²) in [6.45, 7) is 3.72. The van der Waals surface area contributed by atoms with Crippen LogP contribution in [-0.4, -0.2) is 34.9 Å². The molecule has 5 nitrogen and oxygen atoms in total. The summed E-state index contributed by atoms with van der Waals surface area (Å²) in [5.74, 6) is 1.71. The smallest absolute Gasteiger partial charge is 0.339 e. The Labute approximate surface area is 94.1 Å². The molecular formula is C11H13N3O2. The average molecular weight is 219 g/mol. The Bertz CT molecular complexity index is 463. The first-order valence-electron chi connectivity index (χ1n) is 4.70. The van der Waals surface area contributed by atoms with Gasteiger partial charge in [-0.25, -0.2) is 4.79 Å². The Morgan fingerprint density at radius 1 is 1.50 bits per heavy atom. The summed E-state index contributed by atoms with van der Waals surface area (Å²) in [4.78, 5) is 12.7. The van der Waals surface area contributed by atoms with Crippen LogP contribution >= 0.6 is 0 Å². The van der Waals surface area contributed by atoms with E-state index in [2.05, 4.69) is 16.1 Å². The van der Waals surface area contributed by atoms with Crippen molar-refractivity contribution in [2.45, 2.75) is 13.8 Å². The molecule has 1 aromatic heterocycles. The summed E-state index contributed by atoms with van der Waals surface area (Å²) in [5, 5.41) is 16.9. The predicted octanol–water partition coefficient (Wildman–Crippen LogP) is 0.861. The molecule has 16 heavy (non-hydrogen) atoms. The van der Waals surface area contributed by atoms with Gasteiger partial charge in [-0.2, -0.15) is 5.10 Å². The molecule has 1 N–H and O–H groups in total. The molecule has 0 aliphatic rings. The van der Waals surface area contributed by atoms with Gasteiger partial charge in [0.15, 0.2) is 5.82 Å². The normalized spacial score (nSPS) is 9.62. The predicted molar refractivity (Wildman–Crippen MR) is 60.6 cm³/mol. The second kappa shape index (κ2) is 4.62. The van der Waals surface area contributed by atoms with Gasteiger partial charge in [0.05, 0.1) is 12.2 Å². The zero-order valence-corrected chi connectivity index (χ0v) is 9.48. The lowest BCUT2D eigenvalue weighted by Crippen LogP contribution is -2.23. The molecule has 0 unspecified atom stereocenters. The van der Waals surface area contributed by atoms with Crippen LogP contribution in [-0.2, 0) is 0 Å². The van der Waals surface area contributed by atoms with Gasteiger partial charge in [0.2, 0.25) is 0 Å². The van der Waals surface area contributed by atoms with E-state index >= 15 is 0 Å². The molecule has 0 radical (unpaired) electrons. The summed E-state index contributed by atoms with van der Waals surface area (Å²) in [6, 6.07) is 0. The first-order chi connectivity index (χ1) is 7.49. The Balaban J connectivity index is 3.35. The highest BCUT2D eigenvalue weighted by Gasteiger charge is 2.19. The summed E-state index contributed by atoms with van der Waals surface area (Å²) in [7, 11) is 1.69. The number of carboxylic acid groups (broad SMARTS) is 1. The van der Waals surface area contributed by atoms with Gasteiger partial charge in [0.1, 0.15) is 5.56 Å². The molecule has 1 heterocycles. The Kier molecular flexibility index (Phi) is 3.46. The molecule has 1 aromatic rings. The minimum absolute atomic E-state index is 0.158. The van der Waals surface area contributed by atoms with E-state index in [1.807, 2.05) is 0 Å². The van der Waals surface area contributed by atoms with E-state index < -0.39 is 5.97 Å². The van der Waals surface area contributed by atoms with Gasteiger partial charge in [0.25, 0.3) is 0 Å². The Hall–Kier alpha value is -2.09. The number of carbonyl (C=O) groups is 1. The van der Waals surface area contributed by atoms with E-state index in [0.29, 0.717) is 17.1 Å². The van der Waals surface area contributed by atoms with Gasteiger partial charge in [0, 0.05) is 7.05 Å². The molecule has 0 saturated heterocycles. The summed E-state index contributed by atoms with van der Waals surface area (Å²) in [6.07, 6.45) is 5.17. The highest BCUT2D eigenvalue weighted by Crippen LogP contribution is 2.20. The van der Waals surface area contributed by atoms with Crippen LogP contribution in [0.25, 0.3) is 0 Å². The molecule has 0 spiro atoms. The lowest BCUT2D eigenvalue weighted by Gasteiger charge is -2.18. The molecule has 5 heteroatoms. The third kappa shape index (κ3) is 2.11. The van der Waals surface area contributed by atoms with E-state index in [0.717, 1.165) is 0 Å². The van der Waals surface area contributed by atoms with Gasteiger partial charge in [-0.05, 0) is 19.4 Å². The van der Waals surface area contributed by atoms with Crippen molar-refractivity contribution >= 4 is 11.8 Å². The van der Waals surface area contributed by atoms with Gasteiger partial charge >= 0.3 is 5.97 Å². The average Bonchev–Trinajstić information content (AvgIpc) is 2.21.